The monoisotopic (exact) mass is 309 g/mol. The average molecular weight is 310 g/mol. The minimum Gasteiger partial charge on any atom is -0.487 e. The van der Waals surface area contributed by atoms with Gasteiger partial charge in [0.25, 0.3) is 0 Å². The fraction of sp³-hybridized carbons (Fsp3) is 0.438. The molecular weight excluding hydrogens is 290 g/mol. The van der Waals surface area contributed by atoms with Gasteiger partial charge >= 0.3 is 0 Å². The number of hydrogen-bond acceptors (Lipinski definition) is 4. The van der Waals surface area contributed by atoms with Gasteiger partial charge in [-0.25, -0.2) is 4.98 Å². The third-order valence-corrected chi connectivity index (χ3v) is 2.99. The van der Waals surface area contributed by atoms with Crippen LogP contribution in [0.1, 0.15) is 20.8 Å². The highest BCUT2D eigenvalue weighted by molar-refractivity contribution is 6.35. The first-order chi connectivity index (χ1) is 9.90. The van der Waals surface area contributed by atoms with Crippen LogP contribution in [0.2, 0.25) is 5.02 Å². The van der Waals surface area contributed by atoms with Crippen molar-refractivity contribution >= 4 is 22.5 Å². The first-order valence-electron chi connectivity index (χ1n) is 6.81. The van der Waals surface area contributed by atoms with E-state index in [-0.39, 0.29) is 5.60 Å². The van der Waals surface area contributed by atoms with Crippen molar-refractivity contribution in [2.45, 2.75) is 26.4 Å². The van der Waals surface area contributed by atoms with E-state index in [0.29, 0.717) is 35.4 Å². The van der Waals surface area contributed by atoms with E-state index < -0.39 is 0 Å². The Labute approximate surface area is 130 Å². The minimum atomic E-state index is -0.319. The number of benzene rings is 1. The number of methoxy groups -OCH3 is 1. The van der Waals surface area contributed by atoms with Gasteiger partial charge in [-0.3, -0.25) is 0 Å². The number of halogens is 1. The van der Waals surface area contributed by atoms with Crippen LogP contribution in [-0.4, -0.2) is 30.9 Å². The van der Waals surface area contributed by atoms with E-state index in [0.717, 1.165) is 5.39 Å². The molecule has 0 saturated carbocycles. The third kappa shape index (κ3) is 4.22. The zero-order valence-corrected chi connectivity index (χ0v) is 13.5. The van der Waals surface area contributed by atoms with E-state index in [1.54, 1.807) is 19.2 Å². The van der Waals surface area contributed by atoms with Gasteiger partial charge in [0.2, 0.25) is 5.88 Å². The Morgan fingerprint density at radius 1 is 1.19 bits per heavy atom. The Morgan fingerprint density at radius 2 is 1.95 bits per heavy atom. The van der Waals surface area contributed by atoms with Gasteiger partial charge in [0.15, 0.2) is 0 Å². The van der Waals surface area contributed by atoms with Crippen LogP contribution in [-0.2, 0) is 4.74 Å². The maximum atomic E-state index is 6.24. The highest BCUT2D eigenvalue weighted by Crippen LogP contribution is 2.34. The summed E-state index contributed by atoms with van der Waals surface area (Å²) >= 11 is 6.24. The average Bonchev–Trinajstić information content (AvgIpc) is 2.38. The standard InChI is InChI=1S/C16H20ClNO3/c1-16(2,3)21-13-10-14(20-9-8-19-4)18-15-11(13)6-5-7-12(15)17/h5-7,10H,8-9H2,1-4H3. The summed E-state index contributed by atoms with van der Waals surface area (Å²) in [4.78, 5) is 4.45. The molecule has 0 aliphatic rings. The normalized spacial score (nSPS) is 11.7. The summed E-state index contributed by atoms with van der Waals surface area (Å²) in [5.74, 6) is 1.19. The summed E-state index contributed by atoms with van der Waals surface area (Å²) in [6, 6.07) is 7.41. The Morgan fingerprint density at radius 3 is 2.62 bits per heavy atom. The first kappa shape index (κ1) is 15.9. The lowest BCUT2D eigenvalue weighted by Gasteiger charge is -2.23. The molecule has 0 N–H and O–H groups in total. The van der Waals surface area contributed by atoms with Gasteiger partial charge in [0, 0.05) is 18.6 Å². The Kier molecular flexibility index (Phi) is 4.91. The molecule has 0 radical (unpaired) electrons. The molecule has 1 heterocycles. The number of fused-ring (bicyclic) bond motifs is 1. The van der Waals surface area contributed by atoms with Crippen LogP contribution in [0, 0.1) is 0 Å². The lowest BCUT2D eigenvalue weighted by molar-refractivity contribution is 0.130. The van der Waals surface area contributed by atoms with Gasteiger partial charge in [-0.2, -0.15) is 0 Å². The minimum absolute atomic E-state index is 0.319. The first-order valence-corrected chi connectivity index (χ1v) is 7.18. The fourth-order valence-electron chi connectivity index (χ4n) is 1.88. The lowest BCUT2D eigenvalue weighted by Crippen LogP contribution is -2.23. The largest absolute Gasteiger partial charge is 0.487 e. The Bertz CT molecular complexity index is 623. The van der Waals surface area contributed by atoms with E-state index >= 15 is 0 Å². The molecule has 21 heavy (non-hydrogen) atoms. The van der Waals surface area contributed by atoms with Crippen molar-refractivity contribution < 1.29 is 14.2 Å². The molecule has 5 heteroatoms. The van der Waals surface area contributed by atoms with Crippen LogP contribution in [0.3, 0.4) is 0 Å². The van der Waals surface area contributed by atoms with Crippen molar-refractivity contribution in [1.29, 1.82) is 0 Å². The van der Waals surface area contributed by atoms with Gasteiger partial charge in [0.05, 0.1) is 17.1 Å². The molecule has 0 aliphatic heterocycles. The topological polar surface area (TPSA) is 40.6 Å². The summed E-state index contributed by atoms with van der Waals surface area (Å²) in [7, 11) is 1.63. The number of para-hydroxylation sites is 1. The van der Waals surface area contributed by atoms with E-state index in [9.17, 15) is 0 Å². The van der Waals surface area contributed by atoms with Gasteiger partial charge in [-0.15, -0.1) is 0 Å². The second-order valence-electron chi connectivity index (χ2n) is 5.65. The predicted molar refractivity (Wildman–Crippen MR) is 84.5 cm³/mol. The van der Waals surface area contributed by atoms with Crippen LogP contribution in [0.5, 0.6) is 11.6 Å². The predicted octanol–water partition coefficient (Wildman–Crippen LogP) is 4.09. The van der Waals surface area contributed by atoms with Crippen LogP contribution >= 0.6 is 11.6 Å². The number of ether oxygens (including phenoxy) is 3. The van der Waals surface area contributed by atoms with Crippen molar-refractivity contribution in [3.8, 4) is 11.6 Å². The van der Waals surface area contributed by atoms with Crippen molar-refractivity contribution in [1.82, 2.24) is 4.98 Å². The highest BCUT2D eigenvalue weighted by atomic mass is 35.5. The molecule has 0 amide bonds. The zero-order valence-electron chi connectivity index (χ0n) is 12.8. The maximum Gasteiger partial charge on any atom is 0.217 e. The van der Waals surface area contributed by atoms with Crippen LogP contribution in [0.25, 0.3) is 10.9 Å². The molecular formula is C16H20ClNO3. The number of rotatable bonds is 5. The van der Waals surface area contributed by atoms with Crippen LogP contribution < -0.4 is 9.47 Å². The lowest BCUT2D eigenvalue weighted by atomic mass is 10.1. The molecule has 1 aromatic heterocycles. The molecule has 0 atom stereocenters. The molecule has 0 bridgehead atoms. The zero-order chi connectivity index (χ0) is 15.5. The number of nitrogens with zero attached hydrogens (tertiary/aromatic N) is 1. The molecule has 0 aliphatic carbocycles. The van der Waals surface area contributed by atoms with Crippen LogP contribution in [0.4, 0.5) is 0 Å². The van der Waals surface area contributed by atoms with Gasteiger partial charge in [-0.05, 0) is 32.9 Å². The van der Waals surface area contributed by atoms with Gasteiger partial charge in [-0.1, -0.05) is 17.7 Å². The second kappa shape index (κ2) is 6.50. The van der Waals surface area contributed by atoms with Crippen molar-refractivity contribution in [2.24, 2.45) is 0 Å². The van der Waals surface area contributed by atoms with E-state index in [2.05, 4.69) is 4.98 Å². The fourth-order valence-corrected chi connectivity index (χ4v) is 2.09. The maximum absolute atomic E-state index is 6.24. The molecule has 1 aromatic carbocycles. The summed E-state index contributed by atoms with van der Waals surface area (Å²) in [6.45, 7) is 6.91. The van der Waals surface area contributed by atoms with Gasteiger partial charge in [0.1, 0.15) is 18.0 Å². The molecule has 2 aromatic rings. The van der Waals surface area contributed by atoms with E-state index in [1.807, 2.05) is 32.9 Å². The molecule has 0 fully saturated rings. The van der Waals surface area contributed by atoms with Crippen LogP contribution in [0.15, 0.2) is 24.3 Å². The summed E-state index contributed by atoms with van der Waals surface area (Å²) < 4.78 is 16.6. The summed E-state index contributed by atoms with van der Waals surface area (Å²) in [5.41, 5.74) is 0.355. The molecule has 4 nitrogen and oxygen atoms in total. The number of aromatic nitrogens is 1. The van der Waals surface area contributed by atoms with Gasteiger partial charge < -0.3 is 14.2 Å². The highest BCUT2D eigenvalue weighted by Gasteiger charge is 2.17. The van der Waals surface area contributed by atoms with E-state index in [4.69, 9.17) is 25.8 Å². The van der Waals surface area contributed by atoms with Crippen molar-refractivity contribution in [3.05, 3.63) is 29.3 Å². The molecule has 2 rings (SSSR count). The Balaban J connectivity index is 2.45. The summed E-state index contributed by atoms with van der Waals surface area (Å²) in [5, 5.41) is 1.44. The SMILES string of the molecule is COCCOc1cc(OC(C)(C)C)c2cccc(Cl)c2n1. The molecule has 0 saturated heterocycles. The molecule has 0 unspecified atom stereocenters. The summed E-state index contributed by atoms with van der Waals surface area (Å²) in [6.07, 6.45) is 0. The number of pyridine rings is 1. The third-order valence-electron chi connectivity index (χ3n) is 2.68. The smallest absolute Gasteiger partial charge is 0.217 e. The van der Waals surface area contributed by atoms with Crippen molar-refractivity contribution in [2.75, 3.05) is 20.3 Å². The quantitative estimate of drug-likeness (QED) is 0.780. The van der Waals surface area contributed by atoms with Crippen molar-refractivity contribution in [3.63, 3.8) is 0 Å². The van der Waals surface area contributed by atoms with E-state index in [1.165, 1.54) is 0 Å². The Hall–Kier alpha value is -1.52. The second-order valence-corrected chi connectivity index (χ2v) is 6.06. The molecule has 114 valence electrons. The molecule has 0 spiro atoms. The number of hydrogen-bond donors (Lipinski definition) is 0.